The first-order valence-electron chi connectivity index (χ1n) is 12.1. The van der Waals surface area contributed by atoms with Gasteiger partial charge in [0.1, 0.15) is 6.04 Å². The van der Waals surface area contributed by atoms with Gasteiger partial charge in [0.05, 0.1) is 0 Å². The van der Waals surface area contributed by atoms with Gasteiger partial charge in [-0.15, -0.1) is 24.8 Å². The number of nitrogens with two attached hydrogens (primary N) is 2. The third kappa shape index (κ3) is 21.6. The van der Waals surface area contributed by atoms with Gasteiger partial charge in [0.15, 0.2) is 0 Å². The molecule has 0 radical (unpaired) electrons. The molecule has 2 amide bonds. The second-order valence-corrected chi connectivity index (χ2v) is 9.27. The Bertz CT molecular complexity index is 427. The second kappa shape index (κ2) is 27.0. The maximum absolute atomic E-state index is 12.9. The zero-order valence-corrected chi connectivity index (χ0v) is 22.9. The highest BCUT2D eigenvalue weighted by molar-refractivity contribution is 7.99. The SMILES string of the molecule is CCCCCCCCCCCCSC[C@@H](NC(C)=O)C(=O)N(CCCN)CCCN.Cl.Cl. The molecule has 0 spiro atoms. The van der Waals surface area contributed by atoms with Crippen molar-refractivity contribution in [1.29, 1.82) is 0 Å². The first kappa shape index (κ1) is 36.4. The third-order valence-corrected chi connectivity index (χ3v) is 6.32. The molecule has 9 heteroatoms. The Balaban J connectivity index is -0.00000420. The standard InChI is InChI=1S/C23H48N4O2S.2ClH/c1-3-4-5-6-7-8-9-10-11-12-19-30-20-22(26-21(2)28)23(29)27(17-13-15-24)18-14-16-25;;/h22H,3-20,24-25H2,1-2H3,(H,26,28);2*1H/t22-;;/m1../s1. The Hall–Kier alpha value is -0.210. The summed E-state index contributed by atoms with van der Waals surface area (Å²) in [5, 5.41) is 2.84. The summed E-state index contributed by atoms with van der Waals surface area (Å²) in [6, 6.07) is -0.467. The summed E-state index contributed by atoms with van der Waals surface area (Å²) in [5.41, 5.74) is 11.2. The summed E-state index contributed by atoms with van der Waals surface area (Å²) < 4.78 is 0. The van der Waals surface area contributed by atoms with Crippen LogP contribution in [0.3, 0.4) is 0 Å². The molecule has 0 aromatic rings. The van der Waals surface area contributed by atoms with E-state index in [4.69, 9.17) is 11.5 Å². The molecule has 0 aromatic carbocycles. The molecule has 0 rings (SSSR count). The summed E-state index contributed by atoms with van der Waals surface area (Å²) in [6.07, 6.45) is 14.8. The van der Waals surface area contributed by atoms with Gasteiger partial charge in [-0.3, -0.25) is 9.59 Å². The van der Waals surface area contributed by atoms with Gasteiger partial charge in [-0.1, -0.05) is 64.7 Å². The van der Waals surface area contributed by atoms with Crippen molar-refractivity contribution in [2.45, 2.75) is 96.9 Å². The molecule has 5 N–H and O–H groups in total. The molecular weight excluding hydrogens is 467 g/mol. The van der Waals surface area contributed by atoms with Crippen LogP contribution in [0.1, 0.15) is 90.9 Å². The summed E-state index contributed by atoms with van der Waals surface area (Å²) in [5.74, 6) is 1.48. The molecule has 0 aliphatic carbocycles. The summed E-state index contributed by atoms with van der Waals surface area (Å²) in [4.78, 5) is 26.3. The van der Waals surface area contributed by atoms with E-state index in [0.29, 0.717) is 31.9 Å². The zero-order valence-electron chi connectivity index (χ0n) is 20.4. The minimum atomic E-state index is -0.467. The molecule has 0 saturated carbocycles. The van der Waals surface area contributed by atoms with E-state index in [1.54, 1.807) is 16.7 Å². The van der Waals surface area contributed by atoms with Gasteiger partial charge < -0.3 is 21.7 Å². The normalized spacial score (nSPS) is 11.2. The van der Waals surface area contributed by atoms with E-state index in [1.807, 2.05) is 0 Å². The topological polar surface area (TPSA) is 101 Å². The maximum atomic E-state index is 12.9. The van der Waals surface area contributed by atoms with E-state index in [0.717, 1.165) is 18.6 Å². The van der Waals surface area contributed by atoms with Crippen molar-refractivity contribution < 1.29 is 9.59 Å². The molecule has 6 nitrogen and oxygen atoms in total. The molecular formula is C23H50Cl2N4O2S. The molecule has 0 fully saturated rings. The van der Waals surface area contributed by atoms with Gasteiger partial charge >= 0.3 is 0 Å². The van der Waals surface area contributed by atoms with Crippen LogP contribution in [-0.2, 0) is 9.59 Å². The Kier molecular flexibility index (Phi) is 30.7. The number of unbranched alkanes of at least 4 members (excludes halogenated alkanes) is 9. The van der Waals surface area contributed by atoms with Crippen molar-refractivity contribution in [2.75, 3.05) is 37.7 Å². The number of carbonyl (C=O) groups excluding carboxylic acids is 2. The lowest BCUT2D eigenvalue weighted by Crippen LogP contribution is -2.50. The van der Waals surface area contributed by atoms with Crippen LogP contribution in [0.25, 0.3) is 0 Å². The molecule has 0 unspecified atom stereocenters. The Morgan fingerprint density at radius 1 is 0.812 bits per heavy atom. The minimum Gasteiger partial charge on any atom is -0.344 e. The monoisotopic (exact) mass is 516 g/mol. The summed E-state index contributed by atoms with van der Waals surface area (Å²) >= 11 is 1.76. The van der Waals surface area contributed by atoms with Gasteiger partial charge in [0.2, 0.25) is 11.8 Å². The van der Waals surface area contributed by atoms with Crippen molar-refractivity contribution in [3.8, 4) is 0 Å². The average Bonchev–Trinajstić information content (AvgIpc) is 2.73. The first-order valence-corrected chi connectivity index (χ1v) is 13.3. The summed E-state index contributed by atoms with van der Waals surface area (Å²) in [6.45, 7) is 6.06. The number of nitrogens with zero attached hydrogens (tertiary/aromatic N) is 1. The zero-order chi connectivity index (χ0) is 22.5. The number of halogens is 2. The number of hydrogen-bond donors (Lipinski definition) is 3. The van der Waals surface area contributed by atoms with Crippen LogP contribution < -0.4 is 16.8 Å². The lowest BCUT2D eigenvalue weighted by Gasteiger charge is -2.27. The Labute approximate surface area is 214 Å². The highest BCUT2D eigenvalue weighted by atomic mass is 35.5. The van der Waals surface area contributed by atoms with Gasteiger partial charge in [-0.05, 0) is 38.1 Å². The largest absolute Gasteiger partial charge is 0.344 e. The van der Waals surface area contributed by atoms with E-state index in [9.17, 15) is 9.59 Å². The Morgan fingerprint density at radius 2 is 1.28 bits per heavy atom. The average molecular weight is 518 g/mol. The number of rotatable bonds is 21. The first-order chi connectivity index (χ1) is 14.6. The van der Waals surface area contributed by atoms with Gasteiger partial charge in [-0.25, -0.2) is 0 Å². The number of thioether (sulfide) groups is 1. The number of amides is 2. The quantitative estimate of drug-likeness (QED) is 0.195. The molecule has 0 aliphatic heterocycles. The van der Waals surface area contributed by atoms with E-state index < -0.39 is 6.04 Å². The minimum absolute atomic E-state index is 0. The number of carbonyl (C=O) groups is 2. The van der Waals surface area contributed by atoms with Crippen molar-refractivity contribution in [1.82, 2.24) is 10.2 Å². The van der Waals surface area contributed by atoms with Gasteiger partial charge in [0, 0.05) is 25.8 Å². The molecule has 0 aliphatic rings. The predicted octanol–water partition coefficient (Wildman–Crippen LogP) is 4.52. The summed E-state index contributed by atoms with van der Waals surface area (Å²) in [7, 11) is 0. The Morgan fingerprint density at radius 3 is 1.72 bits per heavy atom. The van der Waals surface area contributed by atoms with Crippen molar-refractivity contribution in [2.24, 2.45) is 11.5 Å². The fraction of sp³-hybridized carbons (Fsp3) is 0.913. The van der Waals surface area contributed by atoms with E-state index in [-0.39, 0.29) is 36.6 Å². The van der Waals surface area contributed by atoms with Crippen molar-refractivity contribution >= 4 is 48.4 Å². The fourth-order valence-electron chi connectivity index (χ4n) is 3.43. The molecule has 32 heavy (non-hydrogen) atoms. The highest BCUT2D eigenvalue weighted by Crippen LogP contribution is 2.14. The lowest BCUT2D eigenvalue weighted by molar-refractivity contribution is -0.135. The van der Waals surface area contributed by atoms with Crippen LogP contribution in [0.2, 0.25) is 0 Å². The van der Waals surface area contributed by atoms with Crippen LogP contribution >= 0.6 is 36.6 Å². The van der Waals surface area contributed by atoms with Crippen LogP contribution in [0, 0.1) is 0 Å². The van der Waals surface area contributed by atoms with Crippen molar-refractivity contribution in [3.05, 3.63) is 0 Å². The molecule has 194 valence electrons. The van der Waals surface area contributed by atoms with Crippen LogP contribution in [0.4, 0.5) is 0 Å². The van der Waals surface area contributed by atoms with Crippen LogP contribution in [-0.4, -0.2) is 60.4 Å². The molecule has 1 atom stereocenters. The molecule has 0 saturated heterocycles. The fourth-order valence-corrected chi connectivity index (χ4v) is 4.47. The van der Waals surface area contributed by atoms with Crippen molar-refractivity contribution in [3.63, 3.8) is 0 Å². The van der Waals surface area contributed by atoms with E-state index >= 15 is 0 Å². The number of hydrogen-bond acceptors (Lipinski definition) is 5. The van der Waals surface area contributed by atoms with Crippen LogP contribution in [0.15, 0.2) is 0 Å². The lowest BCUT2D eigenvalue weighted by atomic mass is 10.1. The smallest absolute Gasteiger partial charge is 0.246 e. The highest BCUT2D eigenvalue weighted by Gasteiger charge is 2.24. The molecule has 0 heterocycles. The van der Waals surface area contributed by atoms with Crippen LogP contribution in [0.5, 0.6) is 0 Å². The van der Waals surface area contributed by atoms with Gasteiger partial charge in [0.25, 0.3) is 0 Å². The van der Waals surface area contributed by atoms with E-state index in [2.05, 4.69) is 12.2 Å². The second-order valence-electron chi connectivity index (χ2n) is 8.12. The van der Waals surface area contributed by atoms with Gasteiger partial charge in [-0.2, -0.15) is 11.8 Å². The molecule has 0 aromatic heterocycles. The number of nitrogens with one attached hydrogen (secondary N) is 1. The maximum Gasteiger partial charge on any atom is 0.246 e. The third-order valence-electron chi connectivity index (χ3n) is 5.18. The van der Waals surface area contributed by atoms with E-state index in [1.165, 1.54) is 71.1 Å². The predicted molar refractivity (Wildman–Crippen MR) is 145 cm³/mol. The molecule has 0 bridgehead atoms.